The average Bonchev–Trinajstić information content (AvgIpc) is 3.07. The zero-order valence-electron chi connectivity index (χ0n) is 18.8. The molecule has 0 aliphatic carbocycles. The second-order valence-electron chi connectivity index (χ2n) is 8.35. The number of aliphatic hydroxyl groups is 2. The average molecular weight is 522 g/mol. The van der Waals surface area contributed by atoms with Crippen molar-refractivity contribution in [2.45, 2.75) is 48.6 Å². The number of hydrogen-bond acceptors (Lipinski definition) is 6. The van der Waals surface area contributed by atoms with Crippen molar-refractivity contribution in [1.29, 1.82) is 0 Å². The number of pyridine rings is 1. The Kier molecular flexibility index (Phi) is 7.65. The second-order valence-corrected chi connectivity index (χ2v) is 9.67. The molecule has 6 atom stereocenters. The molecule has 35 heavy (non-hydrogen) atoms. The first-order chi connectivity index (χ1) is 16.2. The highest BCUT2D eigenvalue weighted by molar-refractivity contribution is 7.84. The van der Waals surface area contributed by atoms with E-state index in [1.54, 1.807) is 0 Å². The van der Waals surface area contributed by atoms with Crippen LogP contribution in [-0.4, -0.2) is 56.1 Å². The third-order valence-electron chi connectivity index (χ3n) is 6.22. The minimum absolute atomic E-state index is 0.0454. The number of nitrogens with one attached hydrogen (secondary N) is 1. The molecule has 192 valence electrons. The summed E-state index contributed by atoms with van der Waals surface area (Å²) < 4.78 is 87.9. The lowest BCUT2D eigenvalue weighted by atomic mass is 9.77. The van der Waals surface area contributed by atoms with Gasteiger partial charge in [0.1, 0.15) is 12.2 Å². The van der Waals surface area contributed by atoms with Gasteiger partial charge in [-0.05, 0) is 30.7 Å². The third-order valence-corrected chi connectivity index (χ3v) is 7.21. The zero-order chi connectivity index (χ0) is 26.3. The monoisotopic (exact) mass is 522 g/mol. The van der Waals surface area contributed by atoms with Crippen LogP contribution in [0.3, 0.4) is 0 Å². The van der Waals surface area contributed by atoms with Gasteiger partial charge in [-0.25, -0.2) is 8.78 Å². The normalized spacial score (nSPS) is 26.4. The number of anilines is 1. The van der Waals surface area contributed by atoms with Gasteiger partial charge in [0.05, 0.1) is 39.9 Å². The highest BCUT2D eigenvalue weighted by Crippen LogP contribution is 2.54. The fraction of sp³-hybridized carbons (Fsp3) is 0.455. The van der Waals surface area contributed by atoms with Crippen molar-refractivity contribution in [2.75, 3.05) is 18.2 Å². The quantitative estimate of drug-likeness (QED) is 0.503. The van der Waals surface area contributed by atoms with Crippen LogP contribution in [0.5, 0.6) is 0 Å². The molecule has 1 aromatic heterocycles. The van der Waals surface area contributed by atoms with Crippen molar-refractivity contribution in [3.63, 3.8) is 0 Å². The summed E-state index contributed by atoms with van der Waals surface area (Å²) in [7, 11) is -2.13. The molecule has 7 nitrogen and oxygen atoms in total. The number of benzene rings is 1. The number of alkyl halides is 3. The Hall–Kier alpha value is -2.48. The molecule has 1 unspecified atom stereocenters. The van der Waals surface area contributed by atoms with Crippen molar-refractivity contribution in [3.8, 4) is 0 Å². The van der Waals surface area contributed by atoms with Crippen LogP contribution >= 0.6 is 0 Å². The molecule has 1 aliphatic heterocycles. The van der Waals surface area contributed by atoms with Crippen LogP contribution in [0.2, 0.25) is 0 Å². The fourth-order valence-electron chi connectivity index (χ4n) is 4.11. The van der Waals surface area contributed by atoms with E-state index in [2.05, 4.69) is 10.3 Å². The zero-order valence-corrected chi connectivity index (χ0v) is 19.6. The molecule has 1 fully saturated rings. The van der Waals surface area contributed by atoms with E-state index in [9.17, 15) is 36.1 Å². The number of rotatable bonds is 6. The molecule has 0 radical (unpaired) electrons. The first kappa shape index (κ1) is 27.1. The second kappa shape index (κ2) is 9.88. The predicted molar refractivity (Wildman–Crippen MR) is 115 cm³/mol. The van der Waals surface area contributed by atoms with E-state index in [0.717, 1.165) is 25.4 Å². The number of hydrogen-bond donors (Lipinski definition) is 3. The Balaban J connectivity index is 2.05. The Labute approximate surface area is 199 Å². The van der Waals surface area contributed by atoms with Crippen molar-refractivity contribution in [1.82, 2.24) is 4.98 Å². The van der Waals surface area contributed by atoms with Gasteiger partial charge in [-0.2, -0.15) is 13.2 Å². The Morgan fingerprint density at radius 1 is 1.29 bits per heavy atom. The van der Waals surface area contributed by atoms with E-state index in [-0.39, 0.29) is 16.9 Å². The molecule has 1 saturated heterocycles. The molecule has 3 N–H and O–H groups in total. The number of ether oxygens (including phenoxy) is 1. The molecule has 2 aromatic rings. The van der Waals surface area contributed by atoms with Crippen LogP contribution in [-0.2, 0) is 20.3 Å². The van der Waals surface area contributed by atoms with Gasteiger partial charge in [-0.15, -0.1) is 0 Å². The number of aromatic nitrogens is 1. The van der Waals surface area contributed by atoms with Crippen molar-refractivity contribution < 1.29 is 45.9 Å². The molecule has 2 heterocycles. The van der Waals surface area contributed by atoms with Crippen molar-refractivity contribution in [3.05, 3.63) is 53.4 Å². The fourth-order valence-corrected chi connectivity index (χ4v) is 4.99. The van der Waals surface area contributed by atoms with Gasteiger partial charge < -0.3 is 20.3 Å². The minimum Gasteiger partial charge on any atom is -0.393 e. The maximum atomic E-state index is 14.5. The van der Waals surface area contributed by atoms with Crippen LogP contribution in [0.1, 0.15) is 37.1 Å². The molecule has 1 amide bonds. The van der Waals surface area contributed by atoms with Crippen LogP contribution in [0.25, 0.3) is 0 Å². The Morgan fingerprint density at radius 3 is 2.46 bits per heavy atom. The lowest BCUT2D eigenvalue weighted by molar-refractivity contribution is -0.272. The summed E-state index contributed by atoms with van der Waals surface area (Å²) in [4.78, 5) is 16.3. The van der Waals surface area contributed by atoms with Crippen LogP contribution < -0.4 is 5.32 Å². The van der Waals surface area contributed by atoms with Gasteiger partial charge in [0, 0.05) is 18.1 Å². The Morgan fingerprint density at radius 2 is 1.94 bits per heavy atom. The van der Waals surface area contributed by atoms with Crippen LogP contribution in [0.4, 0.5) is 27.6 Å². The van der Waals surface area contributed by atoms with Gasteiger partial charge in [0.2, 0.25) is 0 Å². The lowest BCUT2D eigenvalue weighted by Crippen LogP contribution is -2.47. The molecular formula is C22H23F5N2O5S. The first-order valence-corrected chi connectivity index (χ1v) is 11.9. The van der Waals surface area contributed by atoms with Gasteiger partial charge >= 0.3 is 6.18 Å². The summed E-state index contributed by atoms with van der Waals surface area (Å²) in [5.41, 5.74) is -2.92. The highest BCUT2D eigenvalue weighted by atomic mass is 32.2. The highest BCUT2D eigenvalue weighted by Gasteiger charge is 2.65. The number of halogens is 5. The van der Waals surface area contributed by atoms with E-state index in [0.29, 0.717) is 6.07 Å². The summed E-state index contributed by atoms with van der Waals surface area (Å²) in [6.45, 7) is 1.33. The van der Waals surface area contributed by atoms with Gasteiger partial charge in [-0.1, -0.05) is 13.0 Å². The van der Waals surface area contributed by atoms with Gasteiger partial charge in [-0.3, -0.25) is 14.0 Å². The molecule has 1 aromatic carbocycles. The van der Waals surface area contributed by atoms with Crippen LogP contribution in [0, 0.1) is 17.6 Å². The maximum Gasteiger partial charge on any atom is 0.417 e. The molecule has 3 rings (SSSR count). The maximum absolute atomic E-state index is 14.5. The van der Waals surface area contributed by atoms with Crippen LogP contribution in [0.15, 0.2) is 35.4 Å². The molecule has 13 heteroatoms. The number of carbonyl (C=O) groups excluding carboxylic acids is 1. The van der Waals surface area contributed by atoms with Gasteiger partial charge in [0.15, 0.2) is 17.2 Å². The number of aliphatic hydroxyl groups excluding tert-OH is 2. The SMILES string of the molecule is C[C@H]1[C@@H](c2ccc(F)c(F)c2S(C)=O)[C@H](C(=O)Nc2ccc([C@@H](O)CO)nc2)O[C@@]1(C)C(F)(F)F. The van der Waals surface area contributed by atoms with E-state index >= 15 is 0 Å². The van der Waals surface area contributed by atoms with E-state index in [1.807, 2.05) is 0 Å². The number of carbonyl (C=O) groups is 1. The minimum atomic E-state index is -4.92. The topological polar surface area (TPSA) is 109 Å². The third kappa shape index (κ3) is 4.95. The van der Waals surface area contributed by atoms with E-state index in [4.69, 9.17) is 9.84 Å². The summed E-state index contributed by atoms with van der Waals surface area (Å²) in [6, 6.07) is 4.30. The van der Waals surface area contributed by atoms with Crippen molar-refractivity contribution in [2.24, 2.45) is 5.92 Å². The summed E-state index contributed by atoms with van der Waals surface area (Å²) in [6.07, 6.45) is -5.84. The first-order valence-electron chi connectivity index (χ1n) is 10.3. The smallest absolute Gasteiger partial charge is 0.393 e. The largest absolute Gasteiger partial charge is 0.417 e. The predicted octanol–water partition coefficient (Wildman–Crippen LogP) is 3.20. The van der Waals surface area contributed by atoms with E-state index < -0.39 is 75.7 Å². The Bertz CT molecular complexity index is 1130. The summed E-state index contributed by atoms with van der Waals surface area (Å²) in [5, 5.41) is 21.0. The molecule has 0 bridgehead atoms. The summed E-state index contributed by atoms with van der Waals surface area (Å²) in [5.74, 6) is -6.71. The van der Waals surface area contributed by atoms with Gasteiger partial charge in [0.25, 0.3) is 5.91 Å². The number of nitrogens with zero attached hydrogens (tertiary/aromatic N) is 1. The standard InChI is InChI=1S/C22H23F5N2O5S/c1-10-16(12-5-6-13(23)17(24)19(12)35(3)33)18(34-21(10,2)22(25,26)27)20(32)29-11-4-7-14(28-8-11)15(31)9-30/h4-8,10,15-16,18,30-31H,9H2,1-3H3,(H,29,32)/t10-,15-,16-,18+,21+,35?/m0/s1. The van der Waals surface area contributed by atoms with Crippen molar-refractivity contribution >= 4 is 22.4 Å². The lowest BCUT2D eigenvalue weighted by Gasteiger charge is -2.32. The number of amides is 1. The summed E-state index contributed by atoms with van der Waals surface area (Å²) >= 11 is 0. The molecule has 0 spiro atoms. The molecular weight excluding hydrogens is 499 g/mol. The molecule has 0 saturated carbocycles. The molecule has 1 aliphatic rings. The van der Waals surface area contributed by atoms with E-state index in [1.165, 1.54) is 19.1 Å².